The van der Waals surface area contributed by atoms with E-state index in [4.69, 9.17) is 0 Å². The van der Waals surface area contributed by atoms with Crippen molar-refractivity contribution in [3.8, 4) is 0 Å². The second-order valence-corrected chi connectivity index (χ2v) is 11.4. The molecule has 3 aliphatic rings. The molecule has 7 heteroatoms. The molecule has 2 aliphatic heterocycles. The first kappa shape index (κ1) is 22.9. The van der Waals surface area contributed by atoms with Gasteiger partial charge < -0.3 is 5.32 Å². The molecule has 3 fully saturated rings. The minimum atomic E-state index is 0.123. The fourth-order valence-electron chi connectivity index (χ4n) is 5.70. The van der Waals surface area contributed by atoms with Crippen LogP contribution >= 0.6 is 11.8 Å². The van der Waals surface area contributed by atoms with Gasteiger partial charge in [-0.1, -0.05) is 43.7 Å². The molecule has 33 heavy (non-hydrogen) atoms. The smallest absolute Gasteiger partial charge is 0.225 e. The van der Waals surface area contributed by atoms with Crippen molar-refractivity contribution >= 4 is 17.7 Å². The lowest BCUT2D eigenvalue weighted by Gasteiger charge is -2.43. The third kappa shape index (κ3) is 5.81. The lowest BCUT2D eigenvalue weighted by Crippen LogP contribution is -2.65. The summed E-state index contributed by atoms with van der Waals surface area (Å²) in [5, 5.41) is 12.3. The van der Waals surface area contributed by atoms with E-state index < -0.39 is 0 Å². The summed E-state index contributed by atoms with van der Waals surface area (Å²) in [7, 11) is 0. The molecule has 2 N–H and O–H groups in total. The van der Waals surface area contributed by atoms with Crippen LogP contribution in [0.15, 0.2) is 42.7 Å². The van der Waals surface area contributed by atoms with E-state index in [0.29, 0.717) is 17.2 Å². The molecule has 5 rings (SSSR count). The van der Waals surface area contributed by atoms with Gasteiger partial charge in [0.15, 0.2) is 0 Å². The number of benzene rings is 1. The molecule has 3 heterocycles. The Morgan fingerprint density at radius 3 is 2.70 bits per heavy atom. The summed E-state index contributed by atoms with van der Waals surface area (Å²) in [4.78, 5) is 15.1. The van der Waals surface area contributed by atoms with Crippen molar-refractivity contribution in [2.75, 3.05) is 18.8 Å². The van der Waals surface area contributed by atoms with E-state index in [1.165, 1.54) is 36.8 Å². The molecule has 1 amide bonds. The Labute approximate surface area is 201 Å². The van der Waals surface area contributed by atoms with Crippen LogP contribution in [0.2, 0.25) is 0 Å². The first-order chi connectivity index (χ1) is 16.1. The van der Waals surface area contributed by atoms with E-state index in [2.05, 4.69) is 58.0 Å². The predicted octanol–water partition coefficient (Wildman–Crippen LogP) is 3.48. The Morgan fingerprint density at radius 1 is 1.06 bits per heavy atom. The van der Waals surface area contributed by atoms with Gasteiger partial charge in [0.2, 0.25) is 5.91 Å². The number of nitrogens with one attached hydrogen (secondary N) is 2. The van der Waals surface area contributed by atoms with Crippen LogP contribution in [0.25, 0.3) is 0 Å². The molecule has 0 radical (unpaired) electrons. The van der Waals surface area contributed by atoms with Crippen LogP contribution in [-0.2, 0) is 17.9 Å². The van der Waals surface area contributed by atoms with Crippen molar-refractivity contribution in [2.24, 2.45) is 11.8 Å². The molecule has 4 atom stereocenters. The maximum atomic E-state index is 12.6. The predicted molar refractivity (Wildman–Crippen MR) is 134 cm³/mol. The second kappa shape index (κ2) is 10.6. The SMILES string of the molecule is CC1CCCC2C(=O)NC(CSC3CCN(Cc4cnn(Cc5ccccc5)c4)CC3)NC12. The van der Waals surface area contributed by atoms with Crippen LogP contribution in [-0.4, -0.2) is 56.9 Å². The normalized spacial score (nSPS) is 28.9. The summed E-state index contributed by atoms with van der Waals surface area (Å²) in [6, 6.07) is 10.9. The number of carbonyl (C=O) groups excluding carboxylic acids is 1. The minimum absolute atomic E-state index is 0.123. The summed E-state index contributed by atoms with van der Waals surface area (Å²) < 4.78 is 2.04. The highest BCUT2D eigenvalue weighted by molar-refractivity contribution is 7.99. The average molecular weight is 468 g/mol. The van der Waals surface area contributed by atoms with Crippen molar-refractivity contribution in [3.63, 3.8) is 0 Å². The van der Waals surface area contributed by atoms with Crippen molar-refractivity contribution in [1.82, 2.24) is 25.3 Å². The fraction of sp³-hybridized carbons (Fsp3) is 0.615. The third-order valence-corrected chi connectivity index (χ3v) is 9.05. The summed E-state index contributed by atoms with van der Waals surface area (Å²) in [6.45, 7) is 6.37. The summed E-state index contributed by atoms with van der Waals surface area (Å²) >= 11 is 2.04. The molecule has 6 nitrogen and oxygen atoms in total. The van der Waals surface area contributed by atoms with Gasteiger partial charge in [0.05, 0.1) is 24.8 Å². The van der Waals surface area contributed by atoms with E-state index in [1.54, 1.807) is 0 Å². The molecule has 1 aliphatic carbocycles. The van der Waals surface area contributed by atoms with Crippen LogP contribution in [0.1, 0.15) is 50.2 Å². The highest BCUT2D eigenvalue weighted by Gasteiger charge is 2.40. The van der Waals surface area contributed by atoms with E-state index >= 15 is 0 Å². The molecule has 1 saturated carbocycles. The van der Waals surface area contributed by atoms with Crippen molar-refractivity contribution < 1.29 is 4.79 Å². The number of rotatable bonds is 7. The average Bonchev–Trinajstić information content (AvgIpc) is 3.26. The number of piperidine rings is 1. The third-order valence-electron chi connectivity index (χ3n) is 7.58. The monoisotopic (exact) mass is 467 g/mol. The molecule has 0 spiro atoms. The zero-order valence-corrected chi connectivity index (χ0v) is 20.5. The standard InChI is InChI=1S/C26H37N5OS/c1-19-6-5-9-23-25(19)28-24(29-26(23)32)18-33-22-10-12-30(13-11-22)15-21-14-27-31(17-21)16-20-7-3-2-4-8-20/h2-4,7-8,14,17,19,22-25,28H,5-6,9-13,15-16,18H2,1H3,(H,29,32). The number of thioether (sulfide) groups is 1. The molecular formula is C26H37N5OS. The van der Waals surface area contributed by atoms with Gasteiger partial charge in [-0.15, -0.1) is 0 Å². The van der Waals surface area contributed by atoms with Gasteiger partial charge in [0.1, 0.15) is 0 Å². The highest BCUT2D eigenvalue weighted by Crippen LogP contribution is 2.32. The molecule has 1 aromatic carbocycles. The van der Waals surface area contributed by atoms with Gasteiger partial charge in [0.25, 0.3) is 0 Å². The van der Waals surface area contributed by atoms with Gasteiger partial charge in [-0.3, -0.25) is 19.7 Å². The van der Waals surface area contributed by atoms with Crippen LogP contribution in [0.3, 0.4) is 0 Å². The molecule has 178 valence electrons. The van der Waals surface area contributed by atoms with E-state index in [-0.39, 0.29) is 18.0 Å². The van der Waals surface area contributed by atoms with Gasteiger partial charge in [-0.05, 0) is 50.3 Å². The first-order valence-electron chi connectivity index (χ1n) is 12.6. The van der Waals surface area contributed by atoms with Crippen molar-refractivity contribution in [2.45, 2.75) is 69.6 Å². The Morgan fingerprint density at radius 2 is 1.88 bits per heavy atom. The van der Waals surface area contributed by atoms with E-state index in [1.807, 2.05) is 28.7 Å². The lowest BCUT2D eigenvalue weighted by molar-refractivity contribution is -0.131. The molecular weight excluding hydrogens is 430 g/mol. The van der Waals surface area contributed by atoms with Crippen LogP contribution in [0, 0.1) is 11.8 Å². The van der Waals surface area contributed by atoms with Crippen LogP contribution in [0.4, 0.5) is 0 Å². The number of aromatic nitrogens is 2. The Bertz CT molecular complexity index is 910. The maximum absolute atomic E-state index is 12.6. The van der Waals surface area contributed by atoms with E-state index in [9.17, 15) is 4.79 Å². The molecule has 0 bridgehead atoms. The minimum Gasteiger partial charge on any atom is -0.340 e. The Kier molecular flexibility index (Phi) is 7.38. The van der Waals surface area contributed by atoms with Crippen molar-refractivity contribution in [1.29, 1.82) is 0 Å². The van der Waals surface area contributed by atoms with Gasteiger partial charge in [-0.25, -0.2) is 0 Å². The van der Waals surface area contributed by atoms with E-state index in [0.717, 1.165) is 38.4 Å². The zero-order chi connectivity index (χ0) is 22.6. The van der Waals surface area contributed by atoms with Gasteiger partial charge in [0, 0.05) is 35.3 Å². The number of amides is 1. The fourth-order valence-corrected chi connectivity index (χ4v) is 6.89. The van der Waals surface area contributed by atoms with Crippen molar-refractivity contribution in [3.05, 3.63) is 53.9 Å². The van der Waals surface area contributed by atoms with Crippen LogP contribution < -0.4 is 10.6 Å². The molecule has 1 aromatic heterocycles. The summed E-state index contributed by atoms with van der Waals surface area (Å²) in [5.41, 5.74) is 2.57. The first-order valence-corrected chi connectivity index (χ1v) is 13.6. The summed E-state index contributed by atoms with van der Waals surface area (Å²) in [6.07, 6.45) is 10.2. The molecule has 2 saturated heterocycles. The zero-order valence-electron chi connectivity index (χ0n) is 19.7. The van der Waals surface area contributed by atoms with Gasteiger partial charge in [-0.2, -0.15) is 16.9 Å². The van der Waals surface area contributed by atoms with Crippen LogP contribution in [0.5, 0.6) is 0 Å². The lowest BCUT2D eigenvalue weighted by atomic mass is 9.76. The Balaban J connectivity index is 1.04. The Hall–Kier alpha value is -1.83. The molecule has 2 aromatic rings. The number of hydrogen-bond acceptors (Lipinski definition) is 5. The topological polar surface area (TPSA) is 62.2 Å². The number of hydrogen-bond donors (Lipinski definition) is 2. The molecule has 4 unspecified atom stereocenters. The number of nitrogens with zero attached hydrogens (tertiary/aromatic N) is 3. The summed E-state index contributed by atoms with van der Waals surface area (Å²) in [5.74, 6) is 2.02. The number of likely N-dealkylation sites (tertiary alicyclic amines) is 1. The number of fused-ring (bicyclic) bond motifs is 1. The quantitative estimate of drug-likeness (QED) is 0.653. The maximum Gasteiger partial charge on any atom is 0.225 e. The number of carbonyl (C=O) groups is 1. The van der Waals surface area contributed by atoms with Gasteiger partial charge >= 0.3 is 0 Å². The second-order valence-electron chi connectivity index (χ2n) is 10.1. The largest absolute Gasteiger partial charge is 0.340 e. The highest BCUT2D eigenvalue weighted by atomic mass is 32.2.